The van der Waals surface area contributed by atoms with Crippen LogP contribution < -0.4 is 5.30 Å². The minimum absolute atomic E-state index is 0.366. The Morgan fingerprint density at radius 1 is 1.36 bits per heavy atom. The van der Waals surface area contributed by atoms with Gasteiger partial charge in [-0.05, 0) is 6.92 Å². The third-order valence-corrected chi connectivity index (χ3v) is 3.85. The zero-order chi connectivity index (χ0) is 10.8. The largest absolute Gasteiger partial charge is 0.479 e. The van der Waals surface area contributed by atoms with E-state index in [1.54, 1.807) is 30.3 Å². The molecule has 1 aromatic carbocycles. The summed E-state index contributed by atoms with van der Waals surface area (Å²) < 4.78 is 11.7. The molecule has 0 aliphatic rings. The Morgan fingerprint density at radius 2 is 1.86 bits per heavy atom. The molecule has 0 saturated heterocycles. The number of hydrogen-bond acceptors (Lipinski definition) is 3. The van der Waals surface area contributed by atoms with E-state index in [-0.39, 0.29) is 0 Å². The molecular formula is C9H11O4P. The lowest BCUT2D eigenvalue weighted by atomic mass is 10.4. The standard InChI is InChI=1S/C9H11O4P/c1-9(12,8(10)11)14(13)7-5-3-2-4-6-7/h2-6,12,14H,1H3,(H,10,11). The van der Waals surface area contributed by atoms with E-state index in [4.69, 9.17) is 5.11 Å². The van der Waals surface area contributed by atoms with Gasteiger partial charge in [-0.15, -0.1) is 0 Å². The minimum atomic E-state index is -2.74. The molecule has 4 nitrogen and oxygen atoms in total. The molecule has 0 bridgehead atoms. The van der Waals surface area contributed by atoms with Crippen LogP contribution in [0.5, 0.6) is 0 Å². The topological polar surface area (TPSA) is 74.6 Å². The van der Waals surface area contributed by atoms with Crippen LogP contribution in [0.1, 0.15) is 6.92 Å². The highest BCUT2D eigenvalue weighted by Crippen LogP contribution is 2.35. The van der Waals surface area contributed by atoms with E-state index in [2.05, 4.69) is 0 Å². The second kappa shape index (κ2) is 3.95. The van der Waals surface area contributed by atoms with Crippen molar-refractivity contribution in [2.45, 2.75) is 12.3 Å². The first kappa shape index (κ1) is 11.0. The lowest BCUT2D eigenvalue weighted by Crippen LogP contribution is -2.33. The molecule has 0 radical (unpaired) electrons. The fraction of sp³-hybridized carbons (Fsp3) is 0.222. The highest BCUT2D eigenvalue weighted by Gasteiger charge is 2.37. The van der Waals surface area contributed by atoms with Crippen molar-refractivity contribution in [2.75, 3.05) is 0 Å². The highest BCUT2D eigenvalue weighted by molar-refractivity contribution is 7.56. The monoisotopic (exact) mass is 214 g/mol. The maximum atomic E-state index is 11.7. The van der Waals surface area contributed by atoms with Crippen LogP contribution in [0.3, 0.4) is 0 Å². The average molecular weight is 214 g/mol. The van der Waals surface area contributed by atoms with Crippen LogP contribution in [0.25, 0.3) is 0 Å². The Bertz CT molecular complexity index is 358. The molecule has 5 heteroatoms. The number of aliphatic hydroxyl groups is 1. The lowest BCUT2D eigenvalue weighted by molar-refractivity contribution is -0.148. The zero-order valence-corrected chi connectivity index (χ0v) is 8.60. The molecule has 14 heavy (non-hydrogen) atoms. The van der Waals surface area contributed by atoms with Crippen molar-refractivity contribution in [2.24, 2.45) is 0 Å². The number of rotatable bonds is 3. The van der Waals surface area contributed by atoms with Gasteiger partial charge in [-0.3, -0.25) is 0 Å². The van der Waals surface area contributed by atoms with Gasteiger partial charge in [0.25, 0.3) is 0 Å². The van der Waals surface area contributed by atoms with Gasteiger partial charge in [0.05, 0.1) is 0 Å². The Balaban J connectivity index is 3.03. The predicted octanol–water partition coefficient (Wildman–Crippen LogP) is 0.665. The first-order valence-electron chi connectivity index (χ1n) is 4.02. The summed E-state index contributed by atoms with van der Waals surface area (Å²) in [7, 11) is -2.74. The number of hydrogen-bond donors (Lipinski definition) is 2. The van der Waals surface area contributed by atoms with Gasteiger partial charge in [-0.1, -0.05) is 30.3 Å². The molecule has 0 heterocycles. The maximum Gasteiger partial charge on any atom is 0.343 e. The van der Waals surface area contributed by atoms with Gasteiger partial charge in [-0.25, -0.2) is 4.79 Å². The fourth-order valence-electron chi connectivity index (χ4n) is 0.968. The number of carboxylic acid groups (broad SMARTS) is 1. The summed E-state index contributed by atoms with van der Waals surface area (Å²) in [5.74, 6) is -1.47. The first-order chi connectivity index (χ1) is 6.46. The Morgan fingerprint density at radius 3 is 2.29 bits per heavy atom. The molecule has 2 unspecified atom stereocenters. The van der Waals surface area contributed by atoms with Gasteiger partial charge >= 0.3 is 5.97 Å². The van der Waals surface area contributed by atoms with E-state index < -0.39 is 19.1 Å². The minimum Gasteiger partial charge on any atom is -0.479 e. The third kappa shape index (κ3) is 2.03. The summed E-state index contributed by atoms with van der Waals surface area (Å²) in [6, 6.07) is 8.11. The van der Waals surface area contributed by atoms with Gasteiger partial charge in [0.2, 0.25) is 5.34 Å². The molecule has 0 aromatic heterocycles. The van der Waals surface area contributed by atoms with Gasteiger partial charge < -0.3 is 14.8 Å². The highest BCUT2D eigenvalue weighted by atomic mass is 31.1. The van der Waals surface area contributed by atoms with E-state index >= 15 is 0 Å². The number of aliphatic carboxylic acids is 1. The van der Waals surface area contributed by atoms with Gasteiger partial charge in [0.15, 0.2) is 0 Å². The smallest absolute Gasteiger partial charge is 0.343 e. The van der Waals surface area contributed by atoms with Crippen LogP contribution in [-0.4, -0.2) is 21.5 Å². The Kier molecular flexibility index (Phi) is 3.09. The second-order valence-corrected chi connectivity index (χ2v) is 5.28. The van der Waals surface area contributed by atoms with E-state index in [1.807, 2.05) is 0 Å². The van der Waals surface area contributed by atoms with Crippen LogP contribution in [-0.2, 0) is 9.36 Å². The van der Waals surface area contributed by atoms with Crippen molar-refractivity contribution in [1.29, 1.82) is 0 Å². The number of benzene rings is 1. The van der Waals surface area contributed by atoms with Crippen molar-refractivity contribution in [1.82, 2.24) is 0 Å². The Hall–Kier alpha value is -1.12. The van der Waals surface area contributed by atoms with E-state index in [0.717, 1.165) is 6.92 Å². The first-order valence-corrected chi connectivity index (χ1v) is 5.42. The fourth-order valence-corrected chi connectivity index (χ4v) is 2.22. The summed E-state index contributed by atoms with van der Waals surface area (Å²) in [5, 5.41) is 16.3. The van der Waals surface area contributed by atoms with Crippen LogP contribution in [0.2, 0.25) is 0 Å². The quantitative estimate of drug-likeness (QED) is 0.725. The summed E-state index contributed by atoms with van der Waals surface area (Å²) in [4.78, 5) is 10.6. The van der Waals surface area contributed by atoms with Crippen molar-refractivity contribution < 1.29 is 19.6 Å². The molecule has 0 amide bonds. The molecule has 0 spiro atoms. The zero-order valence-electron chi connectivity index (χ0n) is 7.60. The van der Waals surface area contributed by atoms with Crippen molar-refractivity contribution in [3.8, 4) is 0 Å². The molecular weight excluding hydrogens is 203 g/mol. The maximum absolute atomic E-state index is 11.7. The SMILES string of the molecule is CC(O)(C(=O)O)[PH](=O)c1ccccc1. The summed E-state index contributed by atoms with van der Waals surface area (Å²) in [5.41, 5.74) is 0. The van der Waals surface area contributed by atoms with Crippen molar-refractivity contribution in [3.63, 3.8) is 0 Å². The van der Waals surface area contributed by atoms with Crippen LogP contribution >= 0.6 is 7.80 Å². The van der Waals surface area contributed by atoms with Crippen LogP contribution in [0.15, 0.2) is 30.3 Å². The van der Waals surface area contributed by atoms with Crippen molar-refractivity contribution >= 4 is 19.1 Å². The molecule has 0 fully saturated rings. The molecule has 1 aromatic rings. The number of carbonyl (C=O) groups is 1. The summed E-state index contributed by atoms with van der Waals surface area (Å²) in [6.45, 7) is 1.05. The number of carboxylic acids is 1. The van der Waals surface area contributed by atoms with Gasteiger partial charge in [-0.2, -0.15) is 0 Å². The second-order valence-electron chi connectivity index (χ2n) is 3.07. The lowest BCUT2D eigenvalue weighted by Gasteiger charge is -2.17. The molecule has 0 aliphatic heterocycles. The summed E-state index contributed by atoms with van der Waals surface area (Å²) >= 11 is 0. The normalized spacial score (nSPS) is 17.0. The third-order valence-electron chi connectivity index (χ3n) is 1.89. The molecule has 2 atom stereocenters. The summed E-state index contributed by atoms with van der Waals surface area (Å²) in [6.07, 6.45) is 0. The van der Waals surface area contributed by atoms with Gasteiger partial charge in [0, 0.05) is 5.30 Å². The van der Waals surface area contributed by atoms with Gasteiger partial charge in [0.1, 0.15) is 7.80 Å². The van der Waals surface area contributed by atoms with Crippen LogP contribution in [0, 0.1) is 0 Å². The average Bonchev–Trinajstić information content (AvgIpc) is 2.17. The van der Waals surface area contributed by atoms with Crippen LogP contribution in [0.4, 0.5) is 0 Å². The molecule has 76 valence electrons. The Labute approximate surface area is 82.0 Å². The van der Waals surface area contributed by atoms with E-state index in [1.165, 1.54) is 0 Å². The van der Waals surface area contributed by atoms with Crippen molar-refractivity contribution in [3.05, 3.63) is 30.3 Å². The van der Waals surface area contributed by atoms with E-state index in [9.17, 15) is 14.5 Å². The molecule has 0 aliphatic carbocycles. The predicted molar refractivity (Wildman–Crippen MR) is 53.3 cm³/mol. The molecule has 1 rings (SSSR count). The molecule has 0 saturated carbocycles. The van der Waals surface area contributed by atoms with E-state index in [0.29, 0.717) is 5.30 Å². The molecule has 2 N–H and O–H groups in total.